The molecule has 1 aromatic rings. The summed E-state index contributed by atoms with van der Waals surface area (Å²) < 4.78 is 26.8. The van der Waals surface area contributed by atoms with Crippen LogP contribution < -0.4 is 5.73 Å². The number of carboxylic acid groups (broad SMARTS) is 1. The highest BCUT2D eigenvalue weighted by atomic mass is 32.2. The molecule has 1 aromatic heterocycles. The van der Waals surface area contributed by atoms with Gasteiger partial charge < -0.3 is 15.6 Å². The largest absolute Gasteiger partial charge is 0.476 e. The summed E-state index contributed by atoms with van der Waals surface area (Å²) in [5.41, 5.74) is 5.13. The van der Waals surface area contributed by atoms with E-state index in [0.717, 1.165) is 19.6 Å². The minimum atomic E-state index is -3.43. The molecule has 0 atom stereocenters. The normalized spacial score (nSPS) is 10.7. The van der Waals surface area contributed by atoms with Gasteiger partial charge in [-0.15, -0.1) is 10.2 Å². The van der Waals surface area contributed by atoms with Crippen molar-refractivity contribution in [3.8, 4) is 0 Å². The maximum atomic E-state index is 11.2. The minimum Gasteiger partial charge on any atom is -0.476 e. The molecule has 0 saturated heterocycles. The van der Waals surface area contributed by atoms with Crippen LogP contribution in [0.1, 0.15) is 23.1 Å². The zero-order valence-electron chi connectivity index (χ0n) is 10.7. The number of carboxylic acids is 1. The van der Waals surface area contributed by atoms with E-state index in [-0.39, 0.29) is 15.1 Å². The van der Waals surface area contributed by atoms with Gasteiger partial charge in [0.1, 0.15) is 0 Å². The second-order valence-electron chi connectivity index (χ2n) is 3.22. The number of hydrogen-bond donors (Lipinski definition) is 2. The van der Waals surface area contributed by atoms with E-state index in [9.17, 15) is 13.2 Å². The summed E-state index contributed by atoms with van der Waals surface area (Å²) in [5.74, 6) is -1.38. The highest BCUT2D eigenvalue weighted by Crippen LogP contribution is 2.16. The van der Waals surface area contributed by atoms with Crippen LogP contribution in [0.4, 0.5) is 0 Å². The van der Waals surface area contributed by atoms with E-state index in [0.29, 0.717) is 11.3 Å². The highest BCUT2D eigenvalue weighted by Gasteiger charge is 2.20. The maximum absolute atomic E-state index is 11.2. The van der Waals surface area contributed by atoms with Gasteiger partial charge in [-0.05, 0) is 13.0 Å². The van der Waals surface area contributed by atoms with E-state index in [2.05, 4.69) is 10.2 Å². The lowest BCUT2D eigenvalue weighted by atomic mass is 10.5. The third-order valence-corrected chi connectivity index (χ3v) is 4.88. The summed E-state index contributed by atoms with van der Waals surface area (Å²) in [5, 5.41) is 14.6. The van der Waals surface area contributed by atoms with E-state index < -0.39 is 15.8 Å². The summed E-state index contributed by atoms with van der Waals surface area (Å²) in [6, 6.07) is 0. The van der Waals surface area contributed by atoms with Crippen molar-refractivity contribution in [3.05, 3.63) is 5.01 Å². The SMILES string of the molecule is CCS(=O)(=O)c1nnc(C(=O)O)s1.COCCCN. The molecule has 3 N–H and O–H groups in total. The Bertz CT molecular complexity index is 482. The molecule has 0 amide bonds. The molecule has 0 fully saturated rings. The molecule has 0 spiro atoms. The van der Waals surface area contributed by atoms with Gasteiger partial charge in [0.25, 0.3) is 0 Å². The molecular formula is C9H17N3O5S2. The molecule has 0 aromatic carbocycles. The predicted octanol–water partition coefficient (Wildman–Crippen LogP) is 0.0115. The van der Waals surface area contributed by atoms with Crippen LogP contribution >= 0.6 is 11.3 Å². The van der Waals surface area contributed by atoms with Gasteiger partial charge in [-0.2, -0.15) is 0 Å². The Morgan fingerprint density at radius 2 is 2.11 bits per heavy atom. The molecule has 8 nitrogen and oxygen atoms in total. The summed E-state index contributed by atoms with van der Waals surface area (Å²) >= 11 is 0.563. The molecule has 1 heterocycles. The van der Waals surface area contributed by atoms with Crippen molar-refractivity contribution < 1.29 is 23.1 Å². The van der Waals surface area contributed by atoms with Gasteiger partial charge in [-0.25, -0.2) is 13.2 Å². The van der Waals surface area contributed by atoms with Crippen LogP contribution in [-0.2, 0) is 14.6 Å². The summed E-state index contributed by atoms with van der Waals surface area (Å²) in [6.45, 7) is 2.97. The molecule has 0 aliphatic carbocycles. The summed E-state index contributed by atoms with van der Waals surface area (Å²) in [6.07, 6.45) is 0.969. The Kier molecular flexibility index (Phi) is 8.39. The monoisotopic (exact) mass is 311 g/mol. The Morgan fingerprint density at radius 1 is 1.47 bits per heavy atom. The van der Waals surface area contributed by atoms with E-state index in [4.69, 9.17) is 15.6 Å². The van der Waals surface area contributed by atoms with Gasteiger partial charge in [-0.1, -0.05) is 18.3 Å². The van der Waals surface area contributed by atoms with Crippen molar-refractivity contribution in [2.75, 3.05) is 26.0 Å². The average Bonchev–Trinajstić information content (AvgIpc) is 2.87. The van der Waals surface area contributed by atoms with Crippen LogP contribution in [0.5, 0.6) is 0 Å². The number of aromatic carboxylic acids is 1. The predicted molar refractivity (Wildman–Crippen MR) is 70.1 cm³/mol. The molecule has 10 heteroatoms. The van der Waals surface area contributed by atoms with Gasteiger partial charge in [0.2, 0.25) is 19.2 Å². The van der Waals surface area contributed by atoms with Gasteiger partial charge >= 0.3 is 5.97 Å². The number of rotatable bonds is 6. The number of aromatic nitrogens is 2. The van der Waals surface area contributed by atoms with Crippen molar-refractivity contribution in [2.45, 2.75) is 17.7 Å². The number of sulfone groups is 1. The fourth-order valence-corrected chi connectivity index (χ4v) is 2.70. The summed E-state index contributed by atoms with van der Waals surface area (Å²) in [7, 11) is -1.75. The molecule has 110 valence electrons. The number of nitrogens with zero attached hydrogens (tertiary/aromatic N) is 2. The molecule has 0 aliphatic rings. The molecule has 0 saturated carbocycles. The standard InChI is InChI=1S/C5H6N2O4S2.C4H11NO/c1-2-13(10,11)5-7-6-3(12-5)4(8)9;1-6-4-2-3-5/h2H2,1H3,(H,8,9);2-5H2,1H3. The molecule has 0 radical (unpaired) electrons. The van der Waals surface area contributed by atoms with Gasteiger partial charge in [0.15, 0.2) is 0 Å². The first-order valence-corrected chi connectivity index (χ1v) is 7.84. The number of hydrogen-bond acceptors (Lipinski definition) is 8. The Balaban J connectivity index is 0.000000459. The van der Waals surface area contributed by atoms with Crippen LogP contribution in [0.3, 0.4) is 0 Å². The van der Waals surface area contributed by atoms with Crippen LogP contribution in [0.15, 0.2) is 4.34 Å². The molecule has 0 bridgehead atoms. The van der Waals surface area contributed by atoms with Gasteiger partial charge in [0, 0.05) is 13.7 Å². The van der Waals surface area contributed by atoms with Crippen molar-refractivity contribution in [1.82, 2.24) is 10.2 Å². The van der Waals surface area contributed by atoms with E-state index >= 15 is 0 Å². The van der Waals surface area contributed by atoms with Crippen molar-refractivity contribution >= 4 is 27.1 Å². The quantitative estimate of drug-likeness (QED) is 0.702. The van der Waals surface area contributed by atoms with Crippen molar-refractivity contribution in [2.24, 2.45) is 5.73 Å². The van der Waals surface area contributed by atoms with Crippen LogP contribution in [0.2, 0.25) is 0 Å². The number of methoxy groups -OCH3 is 1. The lowest BCUT2D eigenvalue weighted by Crippen LogP contribution is -2.02. The van der Waals surface area contributed by atoms with E-state index in [1.807, 2.05) is 0 Å². The first-order valence-electron chi connectivity index (χ1n) is 5.37. The number of carbonyl (C=O) groups is 1. The van der Waals surface area contributed by atoms with Crippen molar-refractivity contribution in [3.63, 3.8) is 0 Å². The molecule has 0 unspecified atom stereocenters. The lowest BCUT2D eigenvalue weighted by molar-refractivity contribution is 0.0695. The lowest BCUT2D eigenvalue weighted by Gasteiger charge is -1.90. The van der Waals surface area contributed by atoms with E-state index in [1.165, 1.54) is 6.92 Å². The Hall–Kier alpha value is -1.10. The van der Waals surface area contributed by atoms with Crippen LogP contribution in [0, 0.1) is 0 Å². The van der Waals surface area contributed by atoms with E-state index in [1.54, 1.807) is 7.11 Å². The van der Waals surface area contributed by atoms with Crippen molar-refractivity contribution in [1.29, 1.82) is 0 Å². The zero-order valence-corrected chi connectivity index (χ0v) is 12.3. The third-order valence-electron chi connectivity index (χ3n) is 1.79. The van der Waals surface area contributed by atoms with Crippen LogP contribution in [0.25, 0.3) is 0 Å². The first-order chi connectivity index (χ1) is 8.88. The van der Waals surface area contributed by atoms with Gasteiger partial charge in [-0.3, -0.25) is 0 Å². The number of ether oxygens (including phenoxy) is 1. The highest BCUT2D eigenvalue weighted by molar-refractivity contribution is 7.93. The average molecular weight is 311 g/mol. The second kappa shape index (κ2) is 8.91. The maximum Gasteiger partial charge on any atom is 0.367 e. The van der Waals surface area contributed by atoms with Gasteiger partial charge in [0.05, 0.1) is 5.75 Å². The molecule has 1 rings (SSSR count). The third kappa shape index (κ3) is 6.57. The second-order valence-corrected chi connectivity index (χ2v) is 6.65. The topological polar surface area (TPSA) is 132 Å². The van der Waals surface area contributed by atoms with Crippen LogP contribution in [-0.4, -0.2) is 55.7 Å². The molecule has 0 aliphatic heterocycles. The smallest absolute Gasteiger partial charge is 0.367 e. The first kappa shape index (κ1) is 17.9. The fraction of sp³-hybridized carbons (Fsp3) is 0.667. The Morgan fingerprint density at radius 3 is 2.42 bits per heavy atom. The number of nitrogens with two attached hydrogens (primary N) is 1. The molecule has 19 heavy (non-hydrogen) atoms. The fourth-order valence-electron chi connectivity index (χ4n) is 0.773. The minimum absolute atomic E-state index is 0.110. The zero-order chi connectivity index (χ0) is 14.9. The summed E-state index contributed by atoms with van der Waals surface area (Å²) in [4.78, 5) is 10.3. The Labute approximate surface area is 115 Å². The molecular weight excluding hydrogens is 294 g/mol.